The third kappa shape index (κ3) is 6.40. The van der Waals surface area contributed by atoms with Crippen molar-refractivity contribution >= 4 is 0 Å². The molecule has 0 bridgehead atoms. The van der Waals surface area contributed by atoms with Gasteiger partial charge in [0, 0.05) is 19.1 Å². The van der Waals surface area contributed by atoms with Crippen LogP contribution in [0.4, 0.5) is 0 Å². The Balaban J connectivity index is 2.44. The molecule has 0 aliphatic carbocycles. The summed E-state index contributed by atoms with van der Waals surface area (Å²) in [7, 11) is 4.26. The molecule has 3 nitrogen and oxygen atoms in total. The van der Waals surface area contributed by atoms with Gasteiger partial charge in [0.25, 0.3) is 0 Å². The van der Waals surface area contributed by atoms with E-state index < -0.39 is 0 Å². The Morgan fingerprint density at radius 2 is 1.70 bits per heavy atom. The average molecular weight is 278 g/mol. The van der Waals surface area contributed by atoms with Crippen LogP contribution in [0.5, 0.6) is 5.75 Å². The van der Waals surface area contributed by atoms with Crippen LogP contribution < -0.4 is 0 Å². The molecule has 20 heavy (non-hydrogen) atoms. The van der Waals surface area contributed by atoms with Gasteiger partial charge in [0.1, 0.15) is 5.75 Å². The monoisotopic (exact) mass is 278 g/mol. The molecule has 3 heteroatoms. The minimum absolute atomic E-state index is 0.348. The number of likely N-dealkylation sites (N-methyl/N-ethyl adjacent to an activating group) is 1. The van der Waals surface area contributed by atoms with Crippen LogP contribution in [-0.2, 0) is 6.42 Å². The Hall–Kier alpha value is -1.06. The maximum absolute atomic E-state index is 9.30. The van der Waals surface area contributed by atoms with Crippen molar-refractivity contribution in [1.82, 2.24) is 9.80 Å². The van der Waals surface area contributed by atoms with Gasteiger partial charge in [-0.25, -0.2) is 0 Å². The van der Waals surface area contributed by atoms with Gasteiger partial charge < -0.3 is 10.0 Å². The molecule has 0 radical (unpaired) electrons. The van der Waals surface area contributed by atoms with E-state index in [0.717, 1.165) is 25.9 Å². The highest BCUT2D eigenvalue weighted by molar-refractivity contribution is 5.25. The van der Waals surface area contributed by atoms with E-state index in [1.165, 1.54) is 18.5 Å². The van der Waals surface area contributed by atoms with E-state index in [1.54, 1.807) is 12.1 Å². The van der Waals surface area contributed by atoms with Crippen LogP contribution in [0.2, 0.25) is 0 Å². The number of rotatable bonds is 9. The van der Waals surface area contributed by atoms with Gasteiger partial charge >= 0.3 is 0 Å². The van der Waals surface area contributed by atoms with Crippen molar-refractivity contribution in [2.45, 2.75) is 39.2 Å². The molecule has 114 valence electrons. The molecule has 1 aromatic carbocycles. The van der Waals surface area contributed by atoms with Gasteiger partial charge in [0.2, 0.25) is 0 Å². The standard InChI is InChI=1S/C17H30N2O/c1-5-12-19(14-13-18(3)4)15(2)6-7-16-8-10-17(20)11-9-16/h8-11,15,20H,5-7,12-14H2,1-4H3. The first-order chi connectivity index (χ1) is 9.52. The number of phenols is 1. The fraction of sp³-hybridized carbons (Fsp3) is 0.647. The minimum Gasteiger partial charge on any atom is -0.508 e. The lowest BCUT2D eigenvalue weighted by Crippen LogP contribution is -2.39. The first-order valence-electron chi connectivity index (χ1n) is 7.69. The van der Waals surface area contributed by atoms with Crippen LogP contribution in [0.25, 0.3) is 0 Å². The van der Waals surface area contributed by atoms with Crippen molar-refractivity contribution in [3.8, 4) is 5.75 Å². The fourth-order valence-electron chi connectivity index (χ4n) is 2.39. The van der Waals surface area contributed by atoms with Gasteiger partial charge in [0.15, 0.2) is 0 Å². The molecule has 1 aromatic rings. The van der Waals surface area contributed by atoms with Crippen LogP contribution in [0, 0.1) is 0 Å². The lowest BCUT2D eigenvalue weighted by molar-refractivity contribution is 0.181. The summed E-state index contributed by atoms with van der Waals surface area (Å²) in [6, 6.07) is 8.19. The summed E-state index contributed by atoms with van der Waals surface area (Å²) in [5.74, 6) is 0.348. The largest absolute Gasteiger partial charge is 0.508 e. The first-order valence-corrected chi connectivity index (χ1v) is 7.69. The zero-order valence-electron chi connectivity index (χ0n) is 13.5. The summed E-state index contributed by atoms with van der Waals surface area (Å²) in [6.07, 6.45) is 3.44. The van der Waals surface area contributed by atoms with Crippen molar-refractivity contribution in [3.63, 3.8) is 0 Å². The molecule has 0 fully saturated rings. The number of hydrogen-bond donors (Lipinski definition) is 1. The van der Waals surface area contributed by atoms with Crippen LogP contribution in [0.3, 0.4) is 0 Å². The van der Waals surface area contributed by atoms with Crippen molar-refractivity contribution in [2.24, 2.45) is 0 Å². The SMILES string of the molecule is CCCN(CCN(C)C)C(C)CCc1ccc(O)cc1. The zero-order chi connectivity index (χ0) is 15.0. The number of benzene rings is 1. The quantitative estimate of drug-likeness (QED) is 0.752. The normalized spacial score (nSPS) is 13.1. The molecule has 0 heterocycles. The van der Waals surface area contributed by atoms with E-state index >= 15 is 0 Å². The molecule has 0 aliphatic rings. The lowest BCUT2D eigenvalue weighted by atomic mass is 10.0. The van der Waals surface area contributed by atoms with Crippen LogP contribution in [0.1, 0.15) is 32.3 Å². The molecule has 0 saturated heterocycles. The Morgan fingerprint density at radius 1 is 1.05 bits per heavy atom. The Morgan fingerprint density at radius 3 is 2.25 bits per heavy atom. The van der Waals surface area contributed by atoms with E-state index in [2.05, 4.69) is 37.7 Å². The van der Waals surface area contributed by atoms with Gasteiger partial charge in [-0.1, -0.05) is 19.1 Å². The summed E-state index contributed by atoms with van der Waals surface area (Å²) >= 11 is 0. The summed E-state index contributed by atoms with van der Waals surface area (Å²) in [5, 5.41) is 9.30. The highest BCUT2D eigenvalue weighted by Crippen LogP contribution is 2.14. The van der Waals surface area contributed by atoms with Crippen LogP contribution in [-0.4, -0.2) is 54.7 Å². The van der Waals surface area contributed by atoms with E-state index in [1.807, 2.05) is 12.1 Å². The van der Waals surface area contributed by atoms with E-state index in [0.29, 0.717) is 11.8 Å². The highest BCUT2D eigenvalue weighted by Gasteiger charge is 2.13. The second kappa shape index (κ2) is 8.98. The van der Waals surface area contributed by atoms with E-state index in [4.69, 9.17) is 0 Å². The molecule has 1 N–H and O–H groups in total. The Bertz CT molecular complexity index is 362. The summed E-state index contributed by atoms with van der Waals surface area (Å²) < 4.78 is 0. The summed E-state index contributed by atoms with van der Waals surface area (Å²) in [6.45, 7) is 7.99. The number of phenolic OH excluding ortho intramolecular Hbond substituents is 1. The molecule has 0 saturated carbocycles. The van der Waals surface area contributed by atoms with Gasteiger partial charge in [-0.05, 0) is 64.5 Å². The zero-order valence-corrected chi connectivity index (χ0v) is 13.5. The first kappa shape index (κ1) is 17.0. The fourth-order valence-corrected chi connectivity index (χ4v) is 2.39. The van der Waals surface area contributed by atoms with Gasteiger partial charge in [-0.2, -0.15) is 0 Å². The number of aryl methyl sites for hydroxylation is 1. The number of aromatic hydroxyl groups is 1. The van der Waals surface area contributed by atoms with Gasteiger partial charge in [-0.15, -0.1) is 0 Å². The number of nitrogens with zero attached hydrogens (tertiary/aromatic N) is 2. The molecule has 1 unspecified atom stereocenters. The Kier molecular flexibility index (Phi) is 7.63. The lowest BCUT2D eigenvalue weighted by Gasteiger charge is -2.30. The van der Waals surface area contributed by atoms with Crippen LogP contribution in [0.15, 0.2) is 24.3 Å². The maximum Gasteiger partial charge on any atom is 0.115 e. The maximum atomic E-state index is 9.30. The Labute approximate surface area is 124 Å². The molecule has 1 atom stereocenters. The average Bonchev–Trinajstić information content (AvgIpc) is 2.42. The van der Waals surface area contributed by atoms with Gasteiger partial charge in [0.05, 0.1) is 0 Å². The van der Waals surface area contributed by atoms with Crippen LogP contribution >= 0.6 is 0 Å². The van der Waals surface area contributed by atoms with Gasteiger partial charge in [-0.3, -0.25) is 4.90 Å². The molecule has 0 amide bonds. The molecule has 0 spiro atoms. The smallest absolute Gasteiger partial charge is 0.115 e. The van der Waals surface area contributed by atoms with E-state index in [-0.39, 0.29) is 0 Å². The van der Waals surface area contributed by atoms with Crippen molar-refractivity contribution in [2.75, 3.05) is 33.7 Å². The van der Waals surface area contributed by atoms with Crippen molar-refractivity contribution in [1.29, 1.82) is 0 Å². The second-order valence-corrected chi connectivity index (χ2v) is 5.89. The van der Waals surface area contributed by atoms with Crippen molar-refractivity contribution in [3.05, 3.63) is 29.8 Å². The molecule has 0 aliphatic heterocycles. The highest BCUT2D eigenvalue weighted by atomic mass is 16.3. The summed E-state index contributed by atoms with van der Waals surface area (Å²) in [4.78, 5) is 4.83. The number of hydrogen-bond acceptors (Lipinski definition) is 3. The molecule has 0 aromatic heterocycles. The molecular weight excluding hydrogens is 248 g/mol. The third-order valence-electron chi connectivity index (χ3n) is 3.76. The molecule has 1 rings (SSSR count). The minimum atomic E-state index is 0.348. The third-order valence-corrected chi connectivity index (χ3v) is 3.76. The topological polar surface area (TPSA) is 26.7 Å². The van der Waals surface area contributed by atoms with Crippen molar-refractivity contribution < 1.29 is 5.11 Å². The molecular formula is C17H30N2O. The summed E-state index contributed by atoms with van der Waals surface area (Å²) in [5.41, 5.74) is 1.30. The second-order valence-electron chi connectivity index (χ2n) is 5.89. The predicted molar refractivity (Wildman–Crippen MR) is 86.3 cm³/mol. The predicted octanol–water partition coefficient (Wildman–Crippen LogP) is 2.99. The van der Waals surface area contributed by atoms with E-state index in [9.17, 15) is 5.11 Å².